The van der Waals surface area contributed by atoms with Gasteiger partial charge >= 0.3 is 0 Å². The summed E-state index contributed by atoms with van der Waals surface area (Å²) >= 11 is 7.39. The number of hydrogen-bond acceptors (Lipinski definition) is 0. The minimum absolute atomic E-state index is 0.456. The number of benzene rings is 2. The van der Waals surface area contributed by atoms with E-state index in [2.05, 4.69) is 94.2 Å². The van der Waals surface area contributed by atoms with Crippen LogP contribution in [0.15, 0.2) is 48.5 Å². The van der Waals surface area contributed by atoms with Crippen LogP contribution in [0.5, 0.6) is 0 Å². The highest BCUT2D eigenvalue weighted by Crippen LogP contribution is 2.30. The lowest BCUT2D eigenvalue weighted by Crippen LogP contribution is -1.89. The summed E-state index contributed by atoms with van der Waals surface area (Å²) in [7, 11) is 0. The number of rotatable bonds is 5. The Balaban J connectivity index is 2.19. The number of alkyl halides is 2. The standard InChI is InChI=1S/C18H20Br2/c1-3-17(19)15-9-5-13(6-10-15)14-7-11-16(12-8-14)18(20)4-2/h5-12,17-18H,3-4H2,1-2H3. The first kappa shape index (κ1) is 15.8. The predicted octanol–water partition coefficient (Wildman–Crippen LogP) is 7.05. The monoisotopic (exact) mass is 394 g/mol. The summed E-state index contributed by atoms with van der Waals surface area (Å²) in [6.45, 7) is 4.38. The van der Waals surface area contributed by atoms with Crippen molar-refractivity contribution in [1.29, 1.82) is 0 Å². The Morgan fingerprint density at radius 1 is 0.650 bits per heavy atom. The zero-order valence-electron chi connectivity index (χ0n) is 11.9. The maximum Gasteiger partial charge on any atom is 0.0392 e. The fraction of sp³-hybridized carbons (Fsp3) is 0.333. The summed E-state index contributed by atoms with van der Waals surface area (Å²) in [4.78, 5) is 0.912. The number of hydrogen-bond donors (Lipinski definition) is 0. The Kier molecular flexibility index (Phi) is 5.86. The van der Waals surface area contributed by atoms with E-state index in [1.54, 1.807) is 0 Å². The van der Waals surface area contributed by atoms with E-state index in [-0.39, 0.29) is 0 Å². The Bertz CT molecular complexity index is 477. The van der Waals surface area contributed by atoms with Gasteiger partial charge in [0.25, 0.3) is 0 Å². The Morgan fingerprint density at radius 2 is 0.950 bits per heavy atom. The van der Waals surface area contributed by atoms with E-state index in [1.165, 1.54) is 22.3 Å². The molecule has 0 spiro atoms. The summed E-state index contributed by atoms with van der Waals surface area (Å²) in [6, 6.07) is 17.7. The first-order chi connectivity index (χ1) is 9.65. The second-order valence-corrected chi connectivity index (χ2v) is 7.21. The zero-order valence-corrected chi connectivity index (χ0v) is 15.1. The third kappa shape index (κ3) is 3.73. The molecule has 0 aromatic heterocycles. The van der Waals surface area contributed by atoms with Crippen LogP contribution in [0.2, 0.25) is 0 Å². The van der Waals surface area contributed by atoms with Crippen molar-refractivity contribution in [2.75, 3.05) is 0 Å². The molecule has 0 aliphatic rings. The van der Waals surface area contributed by atoms with Gasteiger partial charge in [0, 0.05) is 9.65 Å². The quantitative estimate of drug-likeness (QED) is 0.476. The Morgan fingerprint density at radius 3 is 1.20 bits per heavy atom. The van der Waals surface area contributed by atoms with Gasteiger partial charge in [-0.25, -0.2) is 0 Å². The molecule has 2 aromatic carbocycles. The molecular weight excluding hydrogens is 376 g/mol. The van der Waals surface area contributed by atoms with Gasteiger partial charge in [0.15, 0.2) is 0 Å². The van der Waals surface area contributed by atoms with Crippen molar-refractivity contribution in [1.82, 2.24) is 0 Å². The molecular formula is C18H20Br2. The van der Waals surface area contributed by atoms with Gasteiger partial charge in [0.05, 0.1) is 0 Å². The van der Waals surface area contributed by atoms with Crippen LogP contribution in [0.1, 0.15) is 47.5 Å². The van der Waals surface area contributed by atoms with Gasteiger partial charge in [-0.2, -0.15) is 0 Å². The molecule has 0 nitrogen and oxygen atoms in total. The van der Waals surface area contributed by atoms with E-state index in [0.29, 0.717) is 9.65 Å². The van der Waals surface area contributed by atoms with Crippen LogP contribution in [0, 0.1) is 0 Å². The van der Waals surface area contributed by atoms with Gasteiger partial charge in [0.1, 0.15) is 0 Å². The summed E-state index contributed by atoms with van der Waals surface area (Å²) in [5.74, 6) is 0. The fourth-order valence-electron chi connectivity index (χ4n) is 2.24. The molecule has 0 radical (unpaired) electrons. The van der Waals surface area contributed by atoms with Gasteiger partial charge in [0.2, 0.25) is 0 Å². The normalized spacial score (nSPS) is 14.0. The van der Waals surface area contributed by atoms with Crippen LogP contribution in [-0.2, 0) is 0 Å². The molecule has 0 amide bonds. The first-order valence-electron chi connectivity index (χ1n) is 7.14. The van der Waals surface area contributed by atoms with E-state index in [0.717, 1.165) is 12.8 Å². The Hall–Kier alpha value is -0.600. The summed E-state index contributed by atoms with van der Waals surface area (Å²) in [5, 5.41) is 0. The van der Waals surface area contributed by atoms with E-state index >= 15 is 0 Å². The molecule has 0 saturated carbocycles. The lowest BCUT2D eigenvalue weighted by molar-refractivity contribution is 0.911. The van der Waals surface area contributed by atoms with Crippen molar-refractivity contribution in [3.8, 4) is 11.1 Å². The van der Waals surface area contributed by atoms with Crippen molar-refractivity contribution in [2.45, 2.75) is 36.3 Å². The topological polar surface area (TPSA) is 0 Å². The molecule has 20 heavy (non-hydrogen) atoms. The van der Waals surface area contributed by atoms with Gasteiger partial charge in [-0.3, -0.25) is 0 Å². The molecule has 2 rings (SSSR count). The van der Waals surface area contributed by atoms with Crippen LogP contribution in [0.3, 0.4) is 0 Å². The van der Waals surface area contributed by atoms with Gasteiger partial charge in [-0.05, 0) is 35.1 Å². The first-order valence-corrected chi connectivity index (χ1v) is 8.97. The SMILES string of the molecule is CCC(Br)c1ccc(-c2ccc(C(Br)CC)cc2)cc1. The second-order valence-electron chi connectivity index (χ2n) is 5.00. The van der Waals surface area contributed by atoms with Crippen molar-refractivity contribution in [3.05, 3.63) is 59.7 Å². The second kappa shape index (κ2) is 7.42. The molecule has 0 N–H and O–H groups in total. The Labute approximate surface area is 138 Å². The van der Waals surface area contributed by atoms with Crippen molar-refractivity contribution >= 4 is 31.9 Å². The lowest BCUT2D eigenvalue weighted by Gasteiger charge is -2.10. The highest BCUT2D eigenvalue weighted by atomic mass is 79.9. The van der Waals surface area contributed by atoms with Gasteiger partial charge < -0.3 is 0 Å². The summed E-state index contributed by atoms with van der Waals surface area (Å²) < 4.78 is 0. The third-order valence-corrected chi connectivity index (χ3v) is 5.95. The maximum atomic E-state index is 3.69. The molecule has 2 unspecified atom stereocenters. The van der Waals surface area contributed by atoms with Gasteiger partial charge in [-0.1, -0.05) is 94.2 Å². The molecule has 0 aliphatic heterocycles. The van der Waals surface area contributed by atoms with Crippen LogP contribution in [0.4, 0.5) is 0 Å². The molecule has 2 atom stereocenters. The number of halogens is 2. The highest BCUT2D eigenvalue weighted by Gasteiger charge is 2.07. The third-order valence-electron chi connectivity index (χ3n) is 3.59. The van der Waals surface area contributed by atoms with Crippen molar-refractivity contribution < 1.29 is 0 Å². The molecule has 0 bridgehead atoms. The molecule has 0 fully saturated rings. The van der Waals surface area contributed by atoms with Gasteiger partial charge in [-0.15, -0.1) is 0 Å². The molecule has 0 heterocycles. The molecule has 2 heteroatoms. The van der Waals surface area contributed by atoms with E-state index in [1.807, 2.05) is 0 Å². The molecule has 0 aliphatic carbocycles. The average molecular weight is 396 g/mol. The zero-order chi connectivity index (χ0) is 14.5. The van der Waals surface area contributed by atoms with Crippen molar-refractivity contribution in [3.63, 3.8) is 0 Å². The highest BCUT2D eigenvalue weighted by molar-refractivity contribution is 9.09. The molecule has 2 aromatic rings. The van der Waals surface area contributed by atoms with E-state index in [9.17, 15) is 0 Å². The van der Waals surface area contributed by atoms with E-state index < -0.39 is 0 Å². The minimum atomic E-state index is 0.456. The predicted molar refractivity (Wildman–Crippen MR) is 95.8 cm³/mol. The molecule has 106 valence electrons. The smallest absolute Gasteiger partial charge is 0.0392 e. The fourth-order valence-corrected chi connectivity index (χ4v) is 2.85. The largest absolute Gasteiger partial charge is 0.0839 e. The maximum absolute atomic E-state index is 3.69. The van der Waals surface area contributed by atoms with E-state index in [4.69, 9.17) is 0 Å². The summed E-state index contributed by atoms with van der Waals surface area (Å²) in [6.07, 6.45) is 2.22. The van der Waals surface area contributed by atoms with Crippen LogP contribution in [-0.4, -0.2) is 0 Å². The average Bonchev–Trinajstić information content (AvgIpc) is 2.53. The summed E-state index contributed by atoms with van der Waals surface area (Å²) in [5.41, 5.74) is 5.25. The van der Waals surface area contributed by atoms with Crippen LogP contribution >= 0.6 is 31.9 Å². The van der Waals surface area contributed by atoms with Crippen LogP contribution < -0.4 is 0 Å². The lowest BCUT2D eigenvalue weighted by atomic mass is 10.00. The van der Waals surface area contributed by atoms with Crippen LogP contribution in [0.25, 0.3) is 11.1 Å². The minimum Gasteiger partial charge on any atom is -0.0839 e. The van der Waals surface area contributed by atoms with Crippen molar-refractivity contribution in [2.24, 2.45) is 0 Å². The molecule has 0 saturated heterocycles.